The molecule has 88 valence electrons. The Bertz CT molecular complexity index is 517. The maximum Gasteiger partial charge on any atom is 0.182 e. The van der Waals surface area contributed by atoms with Crippen molar-refractivity contribution in [3.8, 4) is 0 Å². The van der Waals surface area contributed by atoms with Crippen molar-refractivity contribution in [2.24, 2.45) is 0 Å². The summed E-state index contributed by atoms with van der Waals surface area (Å²) >= 11 is 0. The van der Waals surface area contributed by atoms with E-state index >= 15 is 0 Å². The van der Waals surface area contributed by atoms with Crippen LogP contribution in [0.5, 0.6) is 0 Å². The molecule has 6 heteroatoms. The topological polar surface area (TPSA) is 37.8 Å². The Morgan fingerprint density at radius 3 is 2.65 bits per heavy atom. The van der Waals surface area contributed by atoms with Crippen LogP contribution in [-0.2, 0) is 6.54 Å². The van der Waals surface area contributed by atoms with Crippen LogP contribution in [0, 0.1) is 17.5 Å². The van der Waals surface area contributed by atoms with Gasteiger partial charge in [-0.15, -0.1) is 0 Å². The lowest BCUT2D eigenvalue weighted by Crippen LogP contribution is -2.05. The molecule has 1 aromatic heterocycles. The summed E-state index contributed by atoms with van der Waals surface area (Å²) in [6.45, 7) is 0.133. The van der Waals surface area contributed by atoms with Gasteiger partial charge in [0.15, 0.2) is 11.6 Å². The average molecular weight is 239 g/mol. The van der Waals surface area contributed by atoms with E-state index in [1.807, 2.05) is 0 Å². The second kappa shape index (κ2) is 4.82. The normalized spacial score (nSPS) is 10.3. The Kier molecular flexibility index (Phi) is 3.22. The molecule has 3 nitrogen and oxygen atoms in total. The van der Waals surface area contributed by atoms with Crippen LogP contribution >= 0.6 is 0 Å². The summed E-state index contributed by atoms with van der Waals surface area (Å²) in [6.07, 6.45) is 4.44. The van der Waals surface area contributed by atoms with Crippen molar-refractivity contribution in [2.45, 2.75) is 6.54 Å². The molecule has 0 amide bonds. The Balaban J connectivity index is 2.14. The van der Waals surface area contributed by atoms with Gasteiger partial charge in [-0.1, -0.05) is 0 Å². The molecule has 0 aliphatic carbocycles. The molecule has 0 atom stereocenters. The van der Waals surface area contributed by atoms with E-state index in [-0.39, 0.29) is 12.2 Å². The van der Waals surface area contributed by atoms with Crippen molar-refractivity contribution in [1.29, 1.82) is 0 Å². The lowest BCUT2D eigenvalue weighted by molar-refractivity contribution is 0.497. The number of hydrogen-bond donors (Lipinski definition) is 1. The first kappa shape index (κ1) is 11.4. The van der Waals surface area contributed by atoms with Crippen molar-refractivity contribution in [2.75, 3.05) is 5.32 Å². The SMILES string of the molecule is Fc1cc(F)c(F)c(NCc2cnccn2)c1. The smallest absolute Gasteiger partial charge is 0.182 e. The molecule has 0 spiro atoms. The molecule has 0 unspecified atom stereocenters. The number of benzene rings is 1. The van der Waals surface area contributed by atoms with Gasteiger partial charge in [0.05, 0.1) is 24.1 Å². The van der Waals surface area contributed by atoms with E-state index in [2.05, 4.69) is 15.3 Å². The fraction of sp³-hybridized carbons (Fsp3) is 0.0909. The van der Waals surface area contributed by atoms with Gasteiger partial charge in [0.25, 0.3) is 0 Å². The van der Waals surface area contributed by atoms with E-state index in [0.717, 1.165) is 6.07 Å². The lowest BCUT2D eigenvalue weighted by Gasteiger charge is -2.07. The molecule has 0 aliphatic rings. The van der Waals surface area contributed by atoms with Crippen molar-refractivity contribution >= 4 is 5.69 Å². The molecule has 1 aromatic carbocycles. The molecular weight excluding hydrogens is 231 g/mol. The van der Waals surface area contributed by atoms with Crippen LogP contribution in [-0.4, -0.2) is 9.97 Å². The molecule has 0 radical (unpaired) electrons. The molecular formula is C11H8F3N3. The summed E-state index contributed by atoms with van der Waals surface area (Å²) in [4.78, 5) is 7.74. The molecule has 2 aromatic rings. The Labute approximate surface area is 95.3 Å². The first-order valence-corrected chi connectivity index (χ1v) is 4.80. The fourth-order valence-electron chi connectivity index (χ4n) is 1.29. The van der Waals surface area contributed by atoms with Crippen LogP contribution in [0.2, 0.25) is 0 Å². The van der Waals surface area contributed by atoms with Crippen LogP contribution < -0.4 is 5.32 Å². The highest BCUT2D eigenvalue weighted by atomic mass is 19.2. The summed E-state index contributed by atoms with van der Waals surface area (Å²) in [7, 11) is 0. The van der Waals surface area contributed by atoms with Gasteiger partial charge in [-0.2, -0.15) is 0 Å². The zero-order valence-corrected chi connectivity index (χ0v) is 8.62. The predicted molar refractivity (Wildman–Crippen MR) is 55.7 cm³/mol. The predicted octanol–water partition coefficient (Wildman–Crippen LogP) is 2.51. The number of hydrogen-bond acceptors (Lipinski definition) is 3. The van der Waals surface area contributed by atoms with Gasteiger partial charge < -0.3 is 5.32 Å². The quantitative estimate of drug-likeness (QED) is 0.836. The molecule has 17 heavy (non-hydrogen) atoms. The number of aromatic nitrogens is 2. The Morgan fingerprint density at radius 1 is 1.12 bits per heavy atom. The summed E-state index contributed by atoms with van der Waals surface area (Å²) < 4.78 is 39.0. The van der Waals surface area contributed by atoms with Gasteiger partial charge in [0, 0.05) is 24.5 Å². The van der Waals surface area contributed by atoms with Crippen molar-refractivity contribution < 1.29 is 13.2 Å². The Hall–Kier alpha value is -2.11. The van der Waals surface area contributed by atoms with Crippen LogP contribution in [0.3, 0.4) is 0 Å². The third-order valence-electron chi connectivity index (χ3n) is 2.07. The van der Waals surface area contributed by atoms with E-state index in [1.165, 1.54) is 18.6 Å². The van der Waals surface area contributed by atoms with Crippen LogP contribution in [0.4, 0.5) is 18.9 Å². The summed E-state index contributed by atoms with van der Waals surface area (Å²) in [5, 5.41) is 2.55. The summed E-state index contributed by atoms with van der Waals surface area (Å²) in [5.41, 5.74) is 0.296. The number of nitrogens with one attached hydrogen (secondary N) is 1. The largest absolute Gasteiger partial charge is 0.377 e. The van der Waals surface area contributed by atoms with Crippen molar-refractivity contribution in [3.05, 3.63) is 53.9 Å². The maximum absolute atomic E-state index is 13.2. The highest BCUT2D eigenvalue weighted by molar-refractivity contribution is 5.45. The molecule has 2 rings (SSSR count). The van der Waals surface area contributed by atoms with Crippen LogP contribution in [0.1, 0.15) is 5.69 Å². The third-order valence-corrected chi connectivity index (χ3v) is 2.07. The van der Waals surface area contributed by atoms with Gasteiger partial charge in [-0.3, -0.25) is 9.97 Å². The molecule has 0 bridgehead atoms. The van der Waals surface area contributed by atoms with Crippen LogP contribution in [0.25, 0.3) is 0 Å². The second-order valence-electron chi connectivity index (χ2n) is 3.30. The molecule has 0 aliphatic heterocycles. The molecule has 1 heterocycles. The Morgan fingerprint density at radius 2 is 1.94 bits per heavy atom. The average Bonchev–Trinajstić information content (AvgIpc) is 2.33. The monoisotopic (exact) mass is 239 g/mol. The van der Waals surface area contributed by atoms with Gasteiger partial charge >= 0.3 is 0 Å². The van der Waals surface area contributed by atoms with E-state index in [0.29, 0.717) is 11.8 Å². The van der Waals surface area contributed by atoms with E-state index < -0.39 is 17.5 Å². The zero-order chi connectivity index (χ0) is 12.3. The van der Waals surface area contributed by atoms with E-state index in [9.17, 15) is 13.2 Å². The maximum atomic E-state index is 13.2. The highest BCUT2D eigenvalue weighted by Crippen LogP contribution is 2.19. The molecule has 1 N–H and O–H groups in total. The van der Waals surface area contributed by atoms with Crippen molar-refractivity contribution in [3.63, 3.8) is 0 Å². The fourth-order valence-corrected chi connectivity index (χ4v) is 1.29. The molecule has 0 saturated carbocycles. The molecule has 0 saturated heterocycles. The number of nitrogens with zero attached hydrogens (tertiary/aromatic N) is 2. The minimum atomic E-state index is -1.23. The third kappa shape index (κ3) is 2.72. The standard InChI is InChI=1S/C11H8F3N3/c12-7-3-9(13)11(14)10(4-7)17-6-8-5-15-1-2-16-8/h1-5,17H,6H2. The van der Waals surface area contributed by atoms with Gasteiger partial charge in [-0.25, -0.2) is 13.2 Å². The zero-order valence-electron chi connectivity index (χ0n) is 8.62. The number of halogens is 3. The highest BCUT2D eigenvalue weighted by Gasteiger charge is 2.10. The first-order valence-electron chi connectivity index (χ1n) is 4.80. The number of anilines is 1. The minimum absolute atomic E-state index is 0.133. The summed E-state index contributed by atoms with van der Waals surface area (Å²) in [5.74, 6) is -3.19. The number of rotatable bonds is 3. The lowest BCUT2D eigenvalue weighted by atomic mass is 10.2. The van der Waals surface area contributed by atoms with E-state index in [4.69, 9.17) is 0 Å². The van der Waals surface area contributed by atoms with Gasteiger partial charge in [0.1, 0.15) is 5.82 Å². The van der Waals surface area contributed by atoms with Crippen LogP contribution in [0.15, 0.2) is 30.7 Å². The second-order valence-corrected chi connectivity index (χ2v) is 3.30. The van der Waals surface area contributed by atoms with E-state index in [1.54, 1.807) is 0 Å². The summed E-state index contributed by atoms with van der Waals surface area (Å²) in [6, 6.07) is 1.37. The van der Waals surface area contributed by atoms with Gasteiger partial charge in [0.2, 0.25) is 0 Å². The first-order chi connectivity index (χ1) is 8.16. The minimum Gasteiger partial charge on any atom is -0.377 e. The molecule has 0 fully saturated rings. The van der Waals surface area contributed by atoms with Gasteiger partial charge in [-0.05, 0) is 0 Å². The van der Waals surface area contributed by atoms with Crippen molar-refractivity contribution in [1.82, 2.24) is 9.97 Å².